The third-order valence-corrected chi connectivity index (χ3v) is 4.69. The van der Waals surface area contributed by atoms with Crippen molar-refractivity contribution in [3.63, 3.8) is 0 Å². The van der Waals surface area contributed by atoms with Crippen molar-refractivity contribution in [1.29, 1.82) is 0 Å². The average molecular weight is 325 g/mol. The minimum Gasteiger partial charge on any atom is -0.354 e. The summed E-state index contributed by atoms with van der Waals surface area (Å²) in [5, 5.41) is 5.25. The van der Waals surface area contributed by atoms with E-state index in [2.05, 4.69) is 24.6 Å². The predicted octanol–water partition coefficient (Wildman–Crippen LogP) is 2.16. The summed E-state index contributed by atoms with van der Waals surface area (Å²) in [6.07, 6.45) is 7.22. The molecule has 4 aromatic rings. The van der Waals surface area contributed by atoms with Gasteiger partial charge in [-0.2, -0.15) is 5.10 Å². The minimum atomic E-state index is 0.672. The summed E-state index contributed by atoms with van der Waals surface area (Å²) in [5.74, 6) is 0.910. The number of hydrogen-bond acceptors (Lipinski definition) is 6. The Labute approximate surface area is 136 Å². The van der Waals surface area contributed by atoms with Gasteiger partial charge < -0.3 is 9.47 Å². The number of anilines is 1. The fourth-order valence-electron chi connectivity index (χ4n) is 2.43. The molecule has 0 atom stereocenters. The quantitative estimate of drug-likeness (QED) is 0.575. The van der Waals surface area contributed by atoms with E-state index in [0.29, 0.717) is 6.54 Å². The standard InChI is InChI=1S/C15H15N7S/c1-20(2)15-17-8-12(23-15)14-16-6-7-21(14)9-11-4-3-5-13-18-10-19-22(11)13/h3-8,10H,9H2,1-2H3. The lowest BCUT2D eigenvalue weighted by Crippen LogP contribution is -2.07. The van der Waals surface area contributed by atoms with Crippen LogP contribution in [0.4, 0.5) is 5.13 Å². The number of imidazole rings is 1. The Hall–Kier alpha value is -2.74. The Morgan fingerprint density at radius 1 is 1.17 bits per heavy atom. The second kappa shape index (κ2) is 5.47. The van der Waals surface area contributed by atoms with Gasteiger partial charge in [-0.05, 0) is 12.1 Å². The third kappa shape index (κ3) is 2.46. The van der Waals surface area contributed by atoms with E-state index in [1.807, 2.05) is 60.3 Å². The fraction of sp³-hybridized carbons (Fsp3) is 0.200. The monoisotopic (exact) mass is 325 g/mol. The van der Waals surface area contributed by atoms with Gasteiger partial charge in [0.05, 0.1) is 23.3 Å². The van der Waals surface area contributed by atoms with Crippen molar-refractivity contribution >= 4 is 22.1 Å². The molecule has 0 aliphatic rings. The summed E-state index contributed by atoms with van der Waals surface area (Å²) >= 11 is 1.63. The predicted molar refractivity (Wildman–Crippen MR) is 89.8 cm³/mol. The Bertz CT molecular complexity index is 949. The maximum Gasteiger partial charge on any atom is 0.185 e. The Morgan fingerprint density at radius 3 is 2.91 bits per heavy atom. The molecule has 0 aromatic carbocycles. The first-order valence-electron chi connectivity index (χ1n) is 7.14. The van der Waals surface area contributed by atoms with Crippen LogP contribution in [-0.4, -0.2) is 43.2 Å². The van der Waals surface area contributed by atoms with Crippen LogP contribution in [0, 0.1) is 0 Å². The van der Waals surface area contributed by atoms with Crippen molar-refractivity contribution in [3.8, 4) is 10.7 Å². The molecule has 0 aliphatic heterocycles. The highest BCUT2D eigenvalue weighted by Crippen LogP contribution is 2.29. The third-order valence-electron chi connectivity index (χ3n) is 3.52. The number of hydrogen-bond donors (Lipinski definition) is 0. The summed E-state index contributed by atoms with van der Waals surface area (Å²) in [4.78, 5) is 16.2. The Kier molecular flexibility index (Phi) is 3.30. The smallest absolute Gasteiger partial charge is 0.185 e. The van der Waals surface area contributed by atoms with Gasteiger partial charge in [0.25, 0.3) is 0 Å². The molecule has 0 bridgehead atoms. The number of aromatic nitrogens is 6. The van der Waals surface area contributed by atoms with Crippen LogP contribution in [-0.2, 0) is 6.54 Å². The normalized spacial score (nSPS) is 11.2. The van der Waals surface area contributed by atoms with Crippen molar-refractivity contribution in [3.05, 3.63) is 48.8 Å². The second-order valence-electron chi connectivity index (χ2n) is 5.33. The maximum absolute atomic E-state index is 4.49. The molecule has 4 aromatic heterocycles. The lowest BCUT2D eigenvalue weighted by atomic mass is 10.3. The second-order valence-corrected chi connectivity index (χ2v) is 6.34. The molecule has 23 heavy (non-hydrogen) atoms. The topological polar surface area (TPSA) is 64.1 Å². The summed E-state index contributed by atoms with van der Waals surface area (Å²) in [6, 6.07) is 5.98. The molecule has 0 unspecified atom stereocenters. The Balaban J connectivity index is 1.71. The highest BCUT2D eigenvalue weighted by Gasteiger charge is 2.12. The van der Waals surface area contributed by atoms with E-state index in [1.54, 1.807) is 17.7 Å². The number of rotatable bonds is 4. The zero-order valence-corrected chi connectivity index (χ0v) is 13.6. The van der Waals surface area contributed by atoms with Gasteiger partial charge in [0, 0.05) is 26.5 Å². The van der Waals surface area contributed by atoms with E-state index >= 15 is 0 Å². The molecular formula is C15H15N7S. The molecule has 0 radical (unpaired) electrons. The minimum absolute atomic E-state index is 0.672. The first kappa shape index (κ1) is 13.9. The van der Waals surface area contributed by atoms with Crippen LogP contribution in [0.1, 0.15) is 5.69 Å². The van der Waals surface area contributed by atoms with E-state index in [0.717, 1.165) is 27.2 Å². The van der Waals surface area contributed by atoms with Gasteiger partial charge in [0.15, 0.2) is 16.6 Å². The van der Waals surface area contributed by atoms with Crippen LogP contribution in [0.2, 0.25) is 0 Å². The van der Waals surface area contributed by atoms with Crippen LogP contribution in [0.25, 0.3) is 16.3 Å². The molecule has 4 rings (SSSR count). The zero-order valence-electron chi connectivity index (χ0n) is 12.8. The highest BCUT2D eigenvalue weighted by molar-refractivity contribution is 7.18. The summed E-state index contributed by atoms with van der Waals surface area (Å²) < 4.78 is 3.95. The van der Waals surface area contributed by atoms with Gasteiger partial charge >= 0.3 is 0 Å². The Morgan fingerprint density at radius 2 is 2.09 bits per heavy atom. The largest absolute Gasteiger partial charge is 0.354 e. The molecule has 0 amide bonds. The van der Waals surface area contributed by atoms with E-state index in [4.69, 9.17) is 0 Å². The van der Waals surface area contributed by atoms with E-state index in [1.165, 1.54) is 0 Å². The first-order chi connectivity index (χ1) is 11.2. The average Bonchev–Trinajstić information content (AvgIpc) is 3.27. The van der Waals surface area contributed by atoms with Crippen molar-refractivity contribution < 1.29 is 0 Å². The van der Waals surface area contributed by atoms with E-state index < -0.39 is 0 Å². The van der Waals surface area contributed by atoms with Crippen LogP contribution >= 0.6 is 11.3 Å². The van der Waals surface area contributed by atoms with Gasteiger partial charge in [-0.15, -0.1) is 0 Å². The molecule has 0 spiro atoms. The van der Waals surface area contributed by atoms with Gasteiger partial charge in [-0.3, -0.25) is 0 Å². The maximum atomic E-state index is 4.49. The number of fused-ring (bicyclic) bond motifs is 1. The number of pyridine rings is 1. The zero-order chi connectivity index (χ0) is 15.8. The van der Waals surface area contributed by atoms with Crippen LogP contribution in [0.3, 0.4) is 0 Å². The molecule has 4 heterocycles. The van der Waals surface area contributed by atoms with Crippen molar-refractivity contribution in [2.24, 2.45) is 0 Å². The van der Waals surface area contributed by atoms with Crippen LogP contribution in [0.15, 0.2) is 43.1 Å². The number of thiazole rings is 1. The van der Waals surface area contributed by atoms with Gasteiger partial charge in [-0.1, -0.05) is 17.4 Å². The first-order valence-corrected chi connectivity index (χ1v) is 7.96. The molecule has 8 heteroatoms. The van der Waals surface area contributed by atoms with Gasteiger partial charge in [-0.25, -0.2) is 19.5 Å². The molecule has 0 saturated carbocycles. The summed E-state index contributed by atoms with van der Waals surface area (Å²) in [5.41, 5.74) is 1.90. The van der Waals surface area contributed by atoms with Gasteiger partial charge in [0.2, 0.25) is 0 Å². The highest BCUT2D eigenvalue weighted by atomic mass is 32.1. The summed E-state index contributed by atoms with van der Waals surface area (Å²) in [7, 11) is 3.97. The van der Waals surface area contributed by atoms with E-state index in [-0.39, 0.29) is 0 Å². The van der Waals surface area contributed by atoms with Crippen LogP contribution in [0.5, 0.6) is 0 Å². The van der Waals surface area contributed by atoms with Crippen molar-refractivity contribution in [2.45, 2.75) is 6.54 Å². The molecule has 0 fully saturated rings. The molecule has 0 saturated heterocycles. The fourth-order valence-corrected chi connectivity index (χ4v) is 3.28. The molecule has 7 nitrogen and oxygen atoms in total. The number of nitrogens with zero attached hydrogens (tertiary/aromatic N) is 7. The van der Waals surface area contributed by atoms with Crippen molar-refractivity contribution in [1.82, 2.24) is 29.1 Å². The summed E-state index contributed by atoms with van der Waals surface area (Å²) in [6.45, 7) is 0.672. The van der Waals surface area contributed by atoms with Crippen LogP contribution < -0.4 is 4.90 Å². The lowest BCUT2D eigenvalue weighted by molar-refractivity contribution is 0.741. The SMILES string of the molecule is CN(C)c1ncc(-c2nccn2Cc2cccc3ncnn23)s1. The molecule has 0 N–H and O–H groups in total. The lowest BCUT2D eigenvalue weighted by Gasteiger charge is -2.08. The molecule has 116 valence electrons. The molecular weight excluding hydrogens is 310 g/mol. The molecule has 0 aliphatic carbocycles. The van der Waals surface area contributed by atoms with Crippen molar-refractivity contribution in [2.75, 3.05) is 19.0 Å². The van der Waals surface area contributed by atoms with Gasteiger partial charge in [0.1, 0.15) is 6.33 Å². The van der Waals surface area contributed by atoms with E-state index in [9.17, 15) is 0 Å².